The maximum Gasteiger partial charge on any atom is 0.269 e. The van der Waals surface area contributed by atoms with Gasteiger partial charge in [0.1, 0.15) is 0 Å². The van der Waals surface area contributed by atoms with Crippen LogP contribution >= 0.6 is 11.3 Å². The molecule has 0 radical (unpaired) electrons. The standard InChI is InChI=1S/C10H8N2O2S/c1-7-10(15-6-11-7)8-2-4-9(5-3-8)12(13)14/h2-6H,1H3. The third-order valence-electron chi connectivity index (χ3n) is 2.09. The zero-order chi connectivity index (χ0) is 10.8. The highest BCUT2D eigenvalue weighted by molar-refractivity contribution is 7.13. The molecule has 0 amide bonds. The van der Waals surface area contributed by atoms with E-state index in [1.165, 1.54) is 23.5 Å². The van der Waals surface area contributed by atoms with Crippen molar-refractivity contribution >= 4 is 17.0 Å². The highest BCUT2D eigenvalue weighted by atomic mass is 32.1. The van der Waals surface area contributed by atoms with Crippen molar-refractivity contribution in [3.8, 4) is 10.4 Å². The summed E-state index contributed by atoms with van der Waals surface area (Å²) in [6.07, 6.45) is 0. The molecule has 0 unspecified atom stereocenters. The summed E-state index contributed by atoms with van der Waals surface area (Å²) in [6, 6.07) is 6.51. The summed E-state index contributed by atoms with van der Waals surface area (Å²) in [4.78, 5) is 15.3. The van der Waals surface area contributed by atoms with Crippen LogP contribution in [0.3, 0.4) is 0 Å². The lowest BCUT2D eigenvalue weighted by Crippen LogP contribution is -1.87. The molecule has 0 N–H and O–H groups in total. The summed E-state index contributed by atoms with van der Waals surface area (Å²) in [7, 11) is 0. The van der Waals surface area contributed by atoms with E-state index < -0.39 is 4.92 Å². The molecule has 1 aromatic carbocycles. The number of rotatable bonds is 2. The van der Waals surface area contributed by atoms with Crippen LogP contribution in [0.15, 0.2) is 29.8 Å². The van der Waals surface area contributed by atoms with Crippen molar-refractivity contribution in [2.75, 3.05) is 0 Å². The summed E-state index contributed by atoms with van der Waals surface area (Å²) in [6.45, 7) is 1.92. The van der Waals surface area contributed by atoms with E-state index in [1.54, 1.807) is 17.6 Å². The number of hydrogen-bond acceptors (Lipinski definition) is 4. The molecule has 15 heavy (non-hydrogen) atoms. The molecule has 0 fully saturated rings. The Bertz CT molecular complexity index is 490. The van der Waals surface area contributed by atoms with Crippen molar-refractivity contribution in [3.05, 3.63) is 45.6 Å². The van der Waals surface area contributed by atoms with Gasteiger partial charge in [-0.25, -0.2) is 4.98 Å². The van der Waals surface area contributed by atoms with Crippen molar-refractivity contribution in [1.82, 2.24) is 4.98 Å². The first-order valence-electron chi connectivity index (χ1n) is 4.33. The molecule has 4 nitrogen and oxygen atoms in total. The number of aromatic nitrogens is 1. The van der Waals surface area contributed by atoms with Crippen molar-refractivity contribution in [2.24, 2.45) is 0 Å². The first-order valence-corrected chi connectivity index (χ1v) is 5.21. The minimum absolute atomic E-state index is 0.112. The first kappa shape index (κ1) is 9.79. The number of thiazole rings is 1. The molecule has 0 aliphatic heterocycles. The molecule has 0 saturated heterocycles. The molecule has 2 rings (SSSR count). The van der Waals surface area contributed by atoms with E-state index in [2.05, 4.69) is 4.98 Å². The number of nitro benzene ring substituents is 1. The van der Waals surface area contributed by atoms with Crippen LogP contribution in [0.1, 0.15) is 5.69 Å². The zero-order valence-corrected chi connectivity index (χ0v) is 8.82. The van der Waals surface area contributed by atoms with Gasteiger partial charge in [0.15, 0.2) is 0 Å². The minimum Gasteiger partial charge on any atom is -0.258 e. The fourth-order valence-corrected chi connectivity index (χ4v) is 2.13. The van der Waals surface area contributed by atoms with Crippen molar-refractivity contribution in [2.45, 2.75) is 6.92 Å². The van der Waals surface area contributed by atoms with Crippen LogP contribution in [0.5, 0.6) is 0 Å². The van der Waals surface area contributed by atoms with Gasteiger partial charge in [-0.2, -0.15) is 0 Å². The van der Waals surface area contributed by atoms with E-state index in [4.69, 9.17) is 0 Å². The van der Waals surface area contributed by atoms with Crippen LogP contribution in [0.2, 0.25) is 0 Å². The van der Waals surface area contributed by atoms with E-state index in [9.17, 15) is 10.1 Å². The van der Waals surface area contributed by atoms with Crippen LogP contribution in [0.25, 0.3) is 10.4 Å². The molecule has 0 aliphatic rings. The van der Waals surface area contributed by atoms with Gasteiger partial charge in [0.2, 0.25) is 0 Å². The van der Waals surface area contributed by atoms with Crippen LogP contribution in [0.4, 0.5) is 5.69 Å². The minimum atomic E-state index is -0.399. The second-order valence-electron chi connectivity index (χ2n) is 3.07. The average molecular weight is 220 g/mol. The molecule has 0 bridgehead atoms. The summed E-state index contributed by atoms with van der Waals surface area (Å²) in [5.41, 5.74) is 3.81. The molecule has 1 heterocycles. The maximum absolute atomic E-state index is 10.5. The van der Waals surface area contributed by atoms with Crippen LogP contribution in [-0.2, 0) is 0 Å². The third kappa shape index (κ3) is 1.87. The summed E-state index contributed by atoms with van der Waals surface area (Å²) in [5, 5.41) is 10.5. The quantitative estimate of drug-likeness (QED) is 0.577. The third-order valence-corrected chi connectivity index (χ3v) is 3.06. The predicted octanol–water partition coefficient (Wildman–Crippen LogP) is 3.03. The Balaban J connectivity index is 2.40. The maximum atomic E-state index is 10.5. The van der Waals surface area contributed by atoms with Gasteiger partial charge in [0.05, 0.1) is 21.0 Å². The van der Waals surface area contributed by atoms with Crippen molar-refractivity contribution in [1.29, 1.82) is 0 Å². The smallest absolute Gasteiger partial charge is 0.258 e. The van der Waals surface area contributed by atoms with E-state index in [0.717, 1.165) is 16.1 Å². The number of non-ortho nitro benzene ring substituents is 1. The molecule has 1 aromatic heterocycles. The van der Waals surface area contributed by atoms with Gasteiger partial charge in [-0.3, -0.25) is 10.1 Å². The lowest BCUT2D eigenvalue weighted by atomic mass is 10.1. The van der Waals surface area contributed by atoms with Gasteiger partial charge in [-0.05, 0) is 24.6 Å². The lowest BCUT2D eigenvalue weighted by Gasteiger charge is -1.97. The normalized spacial score (nSPS) is 10.2. The monoisotopic (exact) mass is 220 g/mol. The highest BCUT2D eigenvalue weighted by Gasteiger charge is 2.07. The van der Waals surface area contributed by atoms with E-state index in [1.807, 2.05) is 6.92 Å². The number of nitro groups is 1. The summed E-state index contributed by atoms with van der Waals surface area (Å²) >= 11 is 1.54. The number of nitrogens with zero attached hydrogens (tertiary/aromatic N) is 2. The van der Waals surface area contributed by atoms with Crippen LogP contribution in [0, 0.1) is 17.0 Å². The number of aryl methyl sites for hydroxylation is 1. The average Bonchev–Trinajstić information content (AvgIpc) is 2.65. The van der Waals surface area contributed by atoms with E-state index >= 15 is 0 Å². The Hall–Kier alpha value is -1.75. The molecule has 0 saturated carbocycles. The van der Waals surface area contributed by atoms with Gasteiger partial charge in [-0.15, -0.1) is 11.3 Å². The Kier molecular flexibility index (Phi) is 2.47. The molecule has 2 aromatic rings. The van der Waals surface area contributed by atoms with Crippen LogP contribution < -0.4 is 0 Å². The highest BCUT2D eigenvalue weighted by Crippen LogP contribution is 2.28. The largest absolute Gasteiger partial charge is 0.269 e. The lowest BCUT2D eigenvalue weighted by molar-refractivity contribution is -0.384. The second-order valence-corrected chi connectivity index (χ2v) is 3.93. The Morgan fingerprint density at radius 2 is 2.00 bits per heavy atom. The van der Waals surface area contributed by atoms with Gasteiger partial charge in [0.25, 0.3) is 5.69 Å². The summed E-state index contributed by atoms with van der Waals surface area (Å²) < 4.78 is 0. The van der Waals surface area contributed by atoms with Crippen molar-refractivity contribution in [3.63, 3.8) is 0 Å². The molecule has 0 spiro atoms. The van der Waals surface area contributed by atoms with Gasteiger partial charge < -0.3 is 0 Å². The molecule has 5 heteroatoms. The van der Waals surface area contributed by atoms with Crippen LogP contribution in [-0.4, -0.2) is 9.91 Å². The number of hydrogen-bond donors (Lipinski definition) is 0. The van der Waals surface area contributed by atoms with E-state index in [-0.39, 0.29) is 5.69 Å². The molecular weight excluding hydrogens is 212 g/mol. The van der Waals surface area contributed by atoms with Gasteiger partial charge in [0, 0.05) is 12.1 Å². The Labute approximate surface area is 90.4 Å². The second kappa shape index (κ2) is 3.78. The molecular formula is C10H8N2O2S. The molecule has 0 atom stereocenters. The predicted molar refractivity (Wildman–Crippen MR) is 58.9 cm³/mol. The first-order chi connectivity index (χ1) is 7.18. The topological polar surface area (TPSA) is 56.0 Å². The Morgan fingerprint density at radius 3 is 2.47 bits per heavy atom. The fraction of sp³-hybridized carbons (Fsp3) is 0.100. The van der Waals surface area contributed by atoms with E-state index in [0.29, 0.717) is 0 Å². The fourth-order valence-electron chi connectivity index (χ4n) is 1.31. The molecule has 76 valence electrons. The number of benzene rings is 1. The summed E-state index contributed by atoms with van der Waals surface area (Å²) in [5.74, 6) is 0. The van der Waals surface area contributed by atoms with Gasteiger partial charge in [-0.1, -0.05) is 0 Å². The van der Waals surface area contributed by atoms with Gasteiger partial charge >= 0.3 is 0 Å². The zero-order valence-electron chi connectivity index (χ0n) is 8.01. The van der Waals surface area contributed by atoms with Crippen molar-refractivity contribution < 1.29 is 4.92 Å². The Morgan fingerprint density at radius 1 is 1.33 bits per heavy atom. The molecule has 0 aliphatic carbocycles. The SMILES string of the molecule is Cc1ncsc1-c1ccc([N+](=O)[O-])cc1.